The highest BCUT2D eigenvalue weighted by Gasteiger charge is 2.15. The summed E-state index contributed by atoms with van der Waals surface area (Å²) in [6, 6.07) is 6.80. The number of halogens is 3. The average Bonchev–Trinajstić information content (AvgIpc) is 2.57. The number of hydrogen-bond donors (Lipinski definition) is 2. The highest BCUT2D eigenvalue weighted by atomic mass is 35.5. The Labute approximate surface area is 153 Å². The third-order valence-corrected chi connectivity index (χ3v) is 3.83. The van der Waals surface area contributed by atoms with Crippen LogP contribution in [0.25, 0.3) is 0 Å². The molecule has 0 aliphatic rings. The van der Waals surface area contributed by atoms with Crippen molar-refractivity contribution in [2.24, 2.45) is 0 Å². The van der Waals surface area contributed by atoms with Gasteiger partial charge in [0.2, 0.25) is 0 Å². The molecule has 0 atom stereocenters. The Morgan fingerprint density at radius 2 is 1.96 bits per heavy atom. The number of ether oxygens (including phenoxy) is 1. The number of nitrogens with one attached hydrogen (secondary N) is 1. The second-order valence-electron chi connectivity index (χ2n) is 5.45. The minimum absolute atomic E-state index is 0.127. The third-order valence-electron chi connectivity index (χ3n) is 3.54. The molecule has 26 heavy (non-hydrogen) atoms. The SMILES string of the molecule is CCc1ccc(Nc2c(F)cc(F)cc2Cl)c(CC(=O)OCC(=O)O)c1. The van der Waals surface area contributed by atoms with Gasteiger partial charge >= 0.3 is 11.9 Å². The molecule has 0 aromatic heterocycles. The van der Waals surface area contributed by atoms with Crippen LogP contribution < -0.4 is 5.32 Å². The van der Waals surface area contributed by atoms with Gasteiger partial charge in [-0.1, -0.05) is 30.7 Å². The van der Waals surface area contributed by atoms with Crippen LogP contribution in [-0.2, 0) is 27.2 Å². The van der Waals surface area contributed by atoms with E-state index < -0.39 is 30.2 Å². The van der Waals surface area contributed by atoms with Gasteiger partial charge < -0.3 is 15.2 Å². The molecule has 2 aromatic carbocycles. The zero-order valence-corrected chi connectivity index (χ0v) is 14.6. The molecule has 2 N–H and O–H groups in total. The van der Waals surface area contributed by atoms with E-state index in [-0.39, 0.29) is 17.1 Å². The van der Waals surface area contributed by atoms with E-state index in [4.69, 9.17) is 16.7 Å². The van der Waals surface area contributed by atoms with Gasteiger partial charge in [-0.3, -0.25) is 4.79 Å². The molecular weight excluding hydrogens is 368 g/mol. The standard InChI is InChI=1S/C18H16ClF2NO4/c1-2-10-3-4-15(11(5-10)6-17(25)26-9-16(23)24)22-18-13(19)7-12(20)8-14(18)21/h3-5,7-8,22H,2,6,9H2,1H3,(H,23,24). The molecule has 0 saturated heterocycles. The molecule has 0 aliphatic heterocycles. The van der Waals surface area contributed by atoms with Gasteiger partial charge in [-0.25, -0.2) is 13.6 Å². The summed E-state index contributed by atoms with van der Waals surface area (Å²) in [6.45, 7) is 1.18. The van der Waals surface area contributed by atoms with Crippen LogP contribution in [0.4, 0.5) is 20.2 Å². The maximum Gasteiger partial charge on any atom is 0.341 e. The van der Waals surface area contributed by atoms with Crippen LogP contribution in [0.5, 0.6) is 0 Å². The van der Waals surface area contributed by atoms with Crippen molar-refractivity contribution in [3.05, 3.63) is 58.1 Å². The molecule has 0 heterocycles. The van der Waals surface area contributed by atoms with E-state index in [1.54, 1.807) is 18.2 Å². The molecule has 5 nitrogen and oxygen atoms in total. The highest BCUT2D eigenvalue weighted by molar-refractivity contribution is 6.33. The van der Waals surface area contributed by atoms with Crippen LogP contribution in [0.15, 0.2) is 30.3 Å². The van der Waals surface area contributed by atoms with Crippen molar-refractivity contribution in [1.82, 2.24) is 0 Å². The molecule has 0 amide bonds. The van der Waals surface area contributed by atoms with Gasteiger partial charge in [0.1, 0.15) is 5.82 Å². The first-order chi connectivity index (χ1) is 12.3. The summed E-state index contributed by atoms with van der Waals surface area (Å²) in [5.41, 5.74) is 1.64. The monoisotopic (exact) mass is 383 g/mol. The number of aryl methyl sites for hydroxylation is 1. The lowest BCUT2D eigenvalue weighted by Crippen LogP contribution is -2.15. The number of aliphatic carboxylic acids is 1. The Bertz CT molecular complexity index is 819. The molecule has 0 spiro atoms. The molecule has 2 rings (SSSR count). The second-order valence-corrected chi connectivity index (χ2v) is 5.85. The zero-order chi connectivity index (χ0) is 19.3. The Morgan fingerprint density at radius 1 is 1.23 bits per heavy atom. The lowest BCUT2D eigenvalue weighted by atomic mass is 10.0. The normalized spacial score (nSPS) is 10.5. The van der Waals surface area contributed by atoms with Crippen LogP contribution in [0.1, 0.15) is 18.1 Å². The Morgan fingerprint density at radius 3 is 2.58 bits per heavy atom. The molecule has 2 aromatic rings. The van der Waals surface area contributed by atoms with Crippen molar-refractivity contribution < 1.29 is 28.2 Å². The summed E-state index contributed by atoms with van der Waals surface area (Å²) in [5.74, 6) is -3.70. The van der Waals surface area contributed by atoms with E-state index in [1.165, 1.54) is 0 Å². The number of hydrogen-bond acceptors (Lipinski definition) is 4. The minimum Gasteiger partial charge on any atom is -0.479 e. The number of rotatable bonds is 7. The first-order valence-electron chi connectivity index (χ1n) is 7.71. The lowest BCUT2D eigenvalue weighted by molar-refractivity contribution is -0.154. The van der Waals surface area contributed by atoms with E-state index in [0.717, 1.165) is 11.6 Å². The fourth-order valence-electron chi connectivity index (χ4n) is 2.28. The summed E-state index contributed by atoms with van der Waals surface area (Å²) in [6.07, 6.45) is 0.479. The fraction of sp³-hybridized carbons (Fsp3) is 0.222. The van der Waals surface area contributed by atoms with Crippen molar-refractivity contribution in [1.29, 1.82) is 0 Å². The van der Waals surface area contributed by atoms with E-state index in [0.29, 0.717) is 23.7 Å². The van der Waals surface area contributed by atoms with E-state index >= 15 is 0 Å². The van der Waals surface area contributed by atoms with Gasteiger partial charge in [0.25, 0.3) is 0 Å². The maximum absolute atomic E-state index is 14.0. The predicted octanol–water partition coefficient (Wildman–Crippen LogP) is 4.09. The number of esters is 1. The van der Waals surface area contributed by atoms with Crippen LogP contribution in [0.3, 0.4) is 0 Å². The summed E-state index contributed by atoms with van der Waals surface area (Å²) in [4.78, 5) is 22.3. The van der Waals surface area contributed by atoms with Crippen molar-refractivity contribution in [2.45, 2.75) is 19.8 Å². The minimum atomic E-state index is -1.26. The molecule has 138 valence electrons. The van der Waals surface area contributed by atoms with Crippen molar-refractivity contribution in [3.63, 3.8) is 0 Å². The Kier molecular flexibility index (Phi) is 6.52. The van der Waals surface area contributed by atoms with Gasteiger partial charge in [-0.15, -0.1) is 0 Å². The maximum atomic E-state index is 14.0. The highest BCUT2D eigenvalue weighted by Crippen LogP contribution is 2.31. The van der Waals surface area contributed by atoms with Gasteiger partial charge in [0.15, 0.2) is 12.4 Å². The number of carbonyl (C=O) groups is 2. The lowest BCUT2D eigenvalue weighted by Gasteiger charge is -2.15. The van der Waals surface area contributed by atoms with Gasteiger partial charge in [0, 0.05) is 11.8 Å². The zero-order valence-electron chi connectivity index (χ0n) is 13.8. The fourth-order valence-corrected chi connectivity index (χ4v) is 2.52. The van der Waals surface area contributed by atoms with E-state index in [1.807, 2.05) is 6.92 Å². The van der Waals surface area contributed by atoms with Gasteiger partial charge in [-0.05, 0) is 29.7 Å². The number of carboxylic acids is 1. The van der Waals surface area contributed by atoms with Crippen molar-refractivity contribution >= 4 is 34.9 Å². The Hall–Kier alpha value is -2.67. The molecule has 0 radical (unpaired) electrons. The smallest absolute Gasteiger partial charge is 0.341 e. The largest absolute Gasteiger partial charge is 0.479 e. The second kappa shape index (κ2) is 8.62. The third kappa shape index (κ3) is 5.16. The quantitative estimate of drug-likeness (QED) is 0.704. The first-order valence-corrected chi connectivity index (χ1v) is 8.08. The molecule has 0 unspecified atom stereocenters. The Balaban J connectivity index is 2.31. The summed E-state index contributed by atoms with van der Waals surface area (Å²) in [7, 11) is 0. The topological polar surface area (TPSA) is 75.6 Å². The predicted molar refractivity (Wildman–Crippen MR) is 92.8 cm³/mol. The van der Waals surface area contributed by atoms with Crippen LogP contribution >= 0.6 is 11.6 Å². The summed E-state index contributed by atoms with van der Waals surface area (Å²) in [5, 5.41) is 11.2. The molecule has 0 aliphatic carbocycles. The van der Waals surface area contributed by atoms with E-state index in [2.05, 4.69) is 10.1 Å². The molecule has 0 fully saturated rings. The molecule has 0 bridgehead atoms. The van der Waals surface area contributed by atoms with Crippen LogP contribution in [0.2, 0.25) is 5.02 Å². The van der Waals surface area contributed by atoms with Gasteiger partial charge in [0.05, 0.1) is 17.1 Å². The summed E-state index contributed by atoms with van der Waals surface area (Å²) >= 11 is 5.89. The summed E-state index contributed by atoms with van der Waals surface area (Å²) < 4.78 is 31.8. The van der Waals surface area contributed by atoms with Crippen LogP contribution in [-0.4, -0.2) is 23.7 Å². The average molecular weight is 384 g/mol. The molecule has 8 heteroatoms. The molecule has 0 saturated carbocycles. The van der Waals surface area contributed by atoms with Crippen molar-refractivity contribution in [3.8, 4) is 0 Å². The van der Waals surface area contributed by atoms with E-state index in [9.17, 15) is 18.4 Å². The van der Waals surface area contributed by atoms with Crippen molar-refractivity contribution in [2.75, 3.05) is 11.9 Å². The number of anilines is 2. The number of benzene rings is 2. The van der Waals surface area contributed by atoms with Gasteiger partial charge in [-0.2, -0.15) is 0 Å². The number of carbonyl (C=O) groups excluding carboxylic acids is 1. The first kappa shape index (κ1) is 19.7. The molecular formula is C18H16ClF2NO4. The van der Waals surface area contributed by atoms with Crippen LogP contribution in [0, 0.1) is 11.6 Å². The number of carboxylic acid groups (broad SMARTS) is 1.